The molecule has 3 aliphatic rings. The van der Waals surface area contributed by atoms with E-state index >= 15 is 0 Å². The van der Waals surface area contributed by atoms with Gasteiger partial charge >= 0.3 is 11.9 Å². The van der Waals surface area contributed by atoms with Crippen molar-refractivity contribution in [2.24, 2.45) is 30.7 Å². The number of carboxylic acids is 2. The zero-order valence-electron chi connectivity index (χ0n) is 49.9. The molecule has 1 saturated heterocycles. The minimum atomic E-state index is -5.19. The summed E-state index contributed by atoms with van der Waals surface area (Å²) >= 11 is 0. The van der Waals surface area contributed by atoms with E-state index in [4.69, 9.17) is 4.74 Å². The maximum atomic E-state index is 13.7. The van der Waals surface area contributed by atoms with Crippen molar-refractivity contribution < 1.29 is 99.0 Å². The Kier molecular flexibility index (Phi) is 19.5. The number of ether oxygens (including phenoxy) is 1. The van der Waals surface area contributed by atoms with Crippen molar-refractivity contribution in [3.8, 4) is 0 Å². The SMILES string of the molecule is CC1=NN(c2ccc(C=Cc3ccc(Nc4nc(Nc5ccc(C=Cc6cc(N7N=C(C)C(N=Nc8ccc(S(=O)(=O)O)cc8C(=O)O)C7=O)ccc6S(=O)(=O)O)c(S(=O)(=O)O)c5)nc(N5CCOCC5)n4)c(S(=O)(=O)O)c3)c(S(=O)(=O)O)c2)C(=O)C1N=Nc1ccccc1C(=O)O. The van der Waals surface area contributed by atoms with Gasteiger partial charge in [-0.05, 0) is 121 Å². The van der Waals surface area contributed by atoms with Crippen LogP contribution in [0.4, 0.5) is 52.0 Å². The molecule has 6 aromatic carbocycles. The Morgan fingerprint density at radius 2 is 1.04 bits per heavy atom. The number of nitrogens with zero attached hydrogens (tertiary/aromatic N) is 12. The molecule has 4 heterocycles. The van der Waals surface area contributed by atoms with Gasteiger partial charge in [-0.15, -0.1) is 0 Å². The van der Waals surface area contributed by atoms with Crippen LogP contribution < -0.4 is 25.6 Å². The second-order valence-electron chi connectivity index (χ2n) is 21.0. The van der Waals surface area contributed by atoms with Crippen molar-refractivity contribution in [1.82, 2.24) is 15.0 Å². The number of amides is 2. The number of hydrogen-bond acceptors (Lipinski definition) is 27. The van der Waals surface area contributed by atoms with E-state index in [1.54, 1.807) is 4.90 Å². The van der Waals surface area contributed by atoms with Gasteiger partial charge in [0.05, 0.1) is 69.1 Å². The summed E-state index contributed by atoms with van der Waals surface area (Å²) in [4.78, 5) is 61.9. The predicted octanol–water partition coefficient (Wildman–Crippen LogP) is 6.92. The van der Waals surface area contributed by atoms with Crippen molar-refractivity contribution in [3.05, 3.63) is 149 Å². The lowest BCUT2D eigenvalue weighted by Gasteiger charge is -2.27. The van der Waals surface area contributed by atoms with E-state index in [0.717, 1.165) is 76.8 Å². The van der Waals surface area contributed by atoms with Crippen molar-refractivity contribution >= 4 is 162 Å². The third-order valence-electron chi connectivity index (χ3n) is 14.3. The van der Waals surface area contributed by atoms with Crippen LogP contribution in [-0.2, 0) is 64.9 Å². The first kappa shape index (κ1) is 70.0. The summed E-state index contributed by atoms with van der Waals surface area (Å²) < 4.78 is 183. The summed E-state index contributed by atoms with van der Waals surface area (Å²) in [6.07, 6.45) is 4.45. The minimum Gasteiger partial charge on any atom is -0.478 e. The van der Waals surface area contributed by atoms with Gasteiger partial charge in [-0.1, -0.05) is 54.6 Å². The molecule has 1 aromatic heterocycles. The summed E-state index contributed by atoms with van der Waals surface area (Å²) in [6.45, 7) is 3.67. The summed E-state index contributed by atoms with van der Waals surface area (Å²) in [5.41, 5.74) is -2.80. The second-order valence-corrected chi connectivity index (χ2v) is 27.9. The van der Waals surface area contributed by atoms with E-state index in [0.29, 0.717) is 6.07 Å². The van der Waals surface area contributed by atoms with Crippen LogP contribution in [0.15, 0.2) is 170 Å². The fraction of sp³-hybridized carbons (Fsp3) is 0.140. The third kappa shape index (κ3) is 15.8. The highest BCUT2D eigenvalue weighted by atomic mass is 32.2. The molecule has 0 spiro atoms. The Morgan fingerprint density at radius 1 is 0.520 bits per heavy atom. The van der Waals surface area contributed by atoms with Crippen molar-refractivity contribution in [2.75, 3.05) is 51.9 Å². The fourth-order valence-corrected chi connectivity index (χ4v) is 12.9. The fourth-order valence-electron chi connectivity index (χ4n) is 9.64. The zero-order chi connectivity index (χ0) is 71.0. The summed E-state index contributed by atoms with van der Waals surface area (Å²) in [7, 11) is -25.3. The van der Waals surface area contributed by atoms with Gasteiger partial charge in [-0.3, -0.25) is 32.4 Å². The van der Waals surface area contributed by atoms with Gasteiger partial charge in [0.2, 0.25) is 17.8 Å². The summed E-state index contributed by atoms with van der Waals surface area (Å²) in [5.74, 6) is -5.40. The van der Waals surface area contributed by atoms with Gasteiger partial charge in [0.25, 0.3) is 62.4 Å². The number of morpholine rings is 1. The number of aromatic nitrogens is 3. The minimum absolute atomic E-state index is 0.0156. The largest absolute Gasteiger partial charge is 0.478 e. The molecule has 1 fully saturated rings. The topological polar surface area (TPSA) is 536 Å². The average Bonchev–Trinajstić information content (AvgIpc) is 1.48. The molecule has 41 heteroatoms. The van der Waals surface area contributed by atoms with Crippen molar-refractivity contribution in [1.29, 1.82) is 0 Å². The van der Waals surface area contributed by atoms with Crippen LogP contribution in [0.3, 0.4) is 0 Å². The van der Waals surface area contributed by atoms with E-state index < -0.39 is 122 Å². The van der Waals surface area contributed by atoms with Gasteiger partial charge in [-0.2, -0.15) is 97.7 Å². The molecular weight excluding hydrogens is 1390 g/mol. The number of benzene rings is 6. The lowest BCUT2D eigenvalue weighted by molar-refractivity contribution is -0.118. The van der Waals surface area contributed by atoms with Gasteiger partial charge < -0.3 is 30.5 Å². The Balaban J connectivity index is 0.902. The third-order valence-corrected chi connectivity index (χ3v) is 18.8. The molecule has 9 N–H and O–H groups in total. The highest BCUT2D eigenvalue weighted by Crippen LogP contribution is 2.35. The van der Waals surface area contributed by atoms with Gasteiger partial charge in [0.15, 0.2) is 12.1 Å². The number of carboxylic acid groups (broad SMARTS) is 2. The highest BCUT2D eigenvalue weighted by molar-refractivity contribution is 7.87. The standard InChI is InChI=1S/C57H48N14O22S5/c1-30-49(66-64-43-19-17-39(94(78,79)80)29-41(43)54(76)77)51(72)70(67-30)37-16-20-45(95(81,82)83)35(26-37)11-10-34-12-14-36(27-46(34)96(84,85)86)58-55-60-56(62-57(61-55)69-21-23-93-24-22-69)59-44-18-8-32(25-48(44)98(90,91)92)7-9-33-13-15-38(28-47(33)97(87,88)89)71-52(73)50(31(2)68-71)65-63-42-6-4-3-5-40(42)53(74)75/h3-20,25-29,49-50H,21-24H2,1-2H3,(H,74,75)(H,76,77)(H,78,79,80)(H,81,82,83)(H,84,85,86)(H,87,88,89)(H,90,91,92)(H2,58,59,60,61,62). The van der Waals surface area contributed by atoms with Crippen molar-refractivity contribution in [3.63, 3.8) is 0 Å². The maximum Gasteiger partial charge on any atom is 0.338 e. The normalized spacial score (nSPS) is 16.6. The van der Waals surface area contributed by atoms with Crippen LogP contribution in [0.1, 0.15) is 56.8 Å². The zero-order valence-corrected chi connectivity index (χ0v) is 54.0. The molecule has 36 nitrogen and oxygen atoms in total. The number of hydrazone groups is 2. The Labute approximate surface area is 554 Å². The predicted molar refractivity (Wildman–Crippen MR) is 347 cm³/mol. The monoisotopic (exact) mass is 1440 g/mol. The van der Waals surface area contributed by atoms with Crippen LogP contribution in [0.25, 0.3) is 24.3 Å². The van der Waals surface area contributed by atoms with Crippen LogP contribution in [0.5, 0.6) is 0 Å². The molecule has 2 unspecified atom stereocenters. The molecule has 2 amide bonds. The van der Waals surface area contributed by atoms with E-state index in [1.165, 1.54) is 80.6 Å². The molecule has 0 aliphatic carbocycles. The molecule has 2 atom stereocenters. The number of azo groups is 2. The molecular formula is C57H48N14O22S5. The summed E-state index contributed by atoms with van der Waals surface area (Å²) in [6, 6.07) is 18.4. The number of aromatic carboxylic acids is 2. The molecule has 7 aromatic rings. The maximum absolute atomic E-state index is 13.7. The van der Waals surface area contributed by atoms with Crippen LogP contribution >= 0.6 is 0 Å². The van der Waals surface area contributed by atoms with Gasteiger partial charge in [-0.25, -0.2) is 9.59 Å². The number of nitrogens with one attached hydrogen (secondary N) is 2. The lowest BCUT2D eigenvalue weighted by atomic mass is 10.1. The Morgan fingerprint density at radius 3 is 1.62 bits per heavy atom. The number of anilines is 7. The number of hydrogen-bond donors (Lipinski definition) is 9. The molecule has 0 bridgehead atoms. The van der Waals surface area contributed by atoms with Crippen LogP contribution in [-0.4, -0.2) is 164 Å². The Bertz CT molecular complexity index is 5320. The second kappa shape index (κ2) is 27.3. The first-order valence-electron chi connectivity index (χ1n) is 27.7. The summed E-state index contributed by atoms with van der Waals surface area (Å²) in [5, 5.41) is 50.2. The highest BCUT2D eigenvalue weighted by Gasteiger charge is 2.37. The van der Waals surface area contributed by atoms with Crippen LogP contribution in [0, 0.1) is 0 Å². The first-order valence-corrected chi connectivity index (χ1v) is 34.9. The van der Waals surface area contributed by atoms with E-state index in [9.17, 15) is 94.2 Å². The van der Waals surface area contributed by atoms with Crippen LogP contribution in [0.2, 0.25) is 0 Å². The number of rotatable bonds is 22. The molecule has 98 heavy (non-hydrogen) atoms. The molecule has 0 saturated carbocycles. The molecule has 508 valence electrons. The molecule has 3 aliphatic heterocycles. The smallest absolute Gasteiger partial charge is 0.338 e. The van der Waals surface area contributed by atoms with Gasteiger partial charge in [0.1, 0.15) is 19.6 Å². The van der Waals surface area contributed by atoms with Gasteiger partial charge in [0, 0.05) is 18.8 Å². The van der Waals surface area contributed by atoms with Crippen molar-refractivity contribution in [2.45, 2.75) is 50.4 Å². The van der Waals surface area contributed by atoms with E-state index in [-0.39, 0.29) is 112 Å². The molecule has 0 radical (unpaired) electrons. The number of carbonyl (C=O) groups excluding carboxylic acids is 2. The van der Waals surface area contributed by atoms with E-state index in [2.05, 4.69) is 56.2 Å². The van der Waals surface area contributed by atoms with E-state index in [1.807, 2.05) is 0 Å². The average molecular weight is 1440 g/mol. The number of carbonyl (C=O) groups is 4. The quantitative estimate of drug-likeness (QED) is 0.0189. The Hall–Kier alpha value is -10.9. The molecule has 10 rings (SSSR count). The first-order chi connectivity index (χ1) is 46.0. The lowest BCUT2D eigenvalue weighted by Crippen LogP contribution is -2.37.